The molecule has 124 valence electrons. The molecule has 24 heavy (non-hydrogen) atoms. The van der Waals surface area contributed by atoms with Gasteiger partial charge >= 0.3 is 0 Å². The summed E-state index contributed by atoms with van der Waals surface area (Å²) in [5.74, 6) is 0.474. The van der Waals surface area contributed by atoms with Crippen LogP contribution in [0.4, 0.5) is 0 Å². The molecule has 1 heterocycles. The van der Waals surface area contributed by atoms with E-state index in [2.05, 4.69) is 41.5 Å². The fourth-order valence-corrected chi connectivity index (χ4v) is 2.67. The van der Waals surface area contributed by atoms with Crippen LogP contribution in [0.5, 0.6) is 5.75 Å². The number of H-pyrrole nitrogens is 1. The largest absolute Gasteiger partial charge is 0.508 e. The molecule has 0 aliphatic heterocycles. The molecule has 0 bridgehead atoms. The van der Waals surface area contributed by atoms with E-state index in [0.29, 0.717) is 17.3 Å². The Bertz CT molecular complexity index is 802. The van der Waals surface area contributed by atoms with Crippen LogP contribution in [0.1, 0.15) is 30.8 Å². The Morgan fingerprint density at radius 2 is 2.21 bits per heavy atom. The average Bonchev–Trinajstić information content (AvgIpc) is 3.05. The summed E-state index contributed by atoms with van der Waals surface area (Å²) in [4.78, 5) is 12.4. The second kappa shape index (κ2) is 6.74. The van der Waals surface area contributed by atoms with Crippen LogP contribution in [0.25, 0.3) is 11.3 Å². The summed E-state index contributed by atoms with van der Waals surface area (Å²) in [6.07, 6.45) is 7.06. The highest BCUT2D eigenvalue weighted by Crippen LogP contribution is 2.22. The maximum absolute atomic E-state index is 12.4. The molecule has 1 unspecified atom stereocenters. The first-order valence-electron chi connectivity index (χ1n) is 8.07. The first-order chi connectivity index (χ1) is 11.5. The minimum Gasteiger partial charge on any atom is -0.508 e. The molecular formula is C19H21N3O2. The van der Waals surface area contributed by atoms with Crippen molar-refractivity contribution in [3.05, 3.63) is 59.8 Å². The molecule has 1 aliphatic carbocycles. The highest BCUT2D eigenvalue weighted by molar-refractivity contribution is 5.93. The van der Waals surface area contributed by atoms with Crippen LogP contribution in [-0.2, 0) is 0 Å². The number of nitrogens with one attached hydrogen (secondary N) is 2. The van der Waals surface area contributed by atoms with Crippen LogP contribution >= 0.6 is 0 Å². The number of amides is 1. The van der Waals surface area contributed by atoms with Gasteiger partial charge in [0.15, 0.2) is 0 Å². The molecule has 5 heteroatoms. The maximum Gasteiger partial charge on any atom is 0.269 e. The Morgan fingerprint density at radius 1 is 1.38 bits per heavy atom. The zero-order valence-corrected chi connectivity index (χ0v) is 13.8. The van der Waals surface area contributed by atoms with E-state index in [9.17, 15) is 9.90 Å². The predicted octanol–water partition coefficient (Wildman–Crippen LogP) is 3.42. The summed E-state index contributed by atoms with van der Waals surface area (Å²) in [7, 11) is 0. The van der Waals surface area contributed by atoms with Crippen molar-refractivity contribution in [2.75, 3.05) is 0 Å². The van der Waals surface area contributed by atoms with Crippen LogP contribution in [0.3, 0.4) is 0 Å². The van der Waals surface area contributed by atoms with Gasteiger partial charge in [-0.05, 0) is 36.1 Å². The number of nitrogens with zero attached hydrogens (tertiary/aromatic N) is 1. The van der Waals surface area contributed by atoms with Gasteiger partial charge in [-0.15, -0.1) is 0 Å². The number of hydrogen-bond acceptors (Lipinski definition) is 3. The lowest BCUT2D eigenvalue weighted by Crippen LogP contribution is -2.34. The molecule has 1 aromatic carbocycles. The molecule has 1 atom stereocenters. The van der Waals surface area contributed by atoms with E-state index in [1.807, 2.05) is 12.1 Å². The third-order valence-electron chi connectivity index (χ3n) is 4.08. The Morgan fingerprint density at radius 3 is 2.88 bits per heavy atom. The van der Waals surface area contributed by atoms with Crippen molar-refractivity contribution >= 4 is 5.91 Å². The van der Waals surface area contributed by atoms with Crippen molar-refractivity contribution in [3.63, 3.8) is 0 Å². The molecule has 1 aliphatic rings. The smallest absolute Gasteiger partial charge is 0.269 e. The number of rotatable bonds is 4. The summed E-state index contributed by atoms with van der Waals surface area (Å²) in [6.45, 7) is 4.31. The topological polar surface area (TPSA) is 78.0 Å². The molecule has 0 spiro atoms. The van der Waals surface area contributed by atoms with Crippen molar-refractivity contribution in [1.82, 2.24) is 15.5 Å². The number of benzene rings is 1. The summed E-state index contributed by atoms with van der Waals surface area (Å²) < 4.78 is 0. The van der Waals surface area contributed by atoms with Crippen LogP contribution in [0.2, 0.25) is 0 Å². The summed E-state index contributed by atoms with van der Waals surface area (Å²) in [6, 6.07) is 8.46. The fourth-order valence-electron chi connectivity index (χ4n) is 2.67. The zero-order valence-electron chi connectivity index (χ0n) is 13.8. The Labute approximate surface area is 141 Å². The van der Waals surface area contributed by atoms with Gasteiger partial charge in [0.2, 0.25) is 0 Å². The number of phenols is 1. The molecule has 1 aromatic heterocycles. The first-order valence-corrected chi connectivity index (χ1v) is 8.07. The van der Waals surface area contributed by atoms with Gasteiger partial charge in [0.05, 0.1) is 11.7 Å². The summed E-state index contributed by atoms with van der Waals surface area (Å²) in [5.41, 5.74) is 3.08. The third kappa shape index (κ3) is 3.56. The lowest BCUT2D eigenvalue weighted by Gasteiger charge is -2.18. The molecule has 0 radical (unpaired) electrons. The summed E-state index contributed by atoms with van der Waals surface area (Å²) >= 11 is 0. The van der Waals surface area contributed by atoms with E-state index in [4.69, 9.17) is 0 Å². The number of carbonyl (C=O) groups is 1. The van der Waals surface area contributed by atoms with Crippen molar-refractivity contribution in [2.24, 2.45) is 5.92 Å². The van der Waals surface area contributed by atoms with Crippen LogP contribution < -0.4 is 5.32 Å². The zero-order chi connectivity index (χ0) is 17.1. The minimum absolute atomic E-state index is 0.00693. The van der Waals surface area contributed by atoms with Gasteiger partial charge in [0.25, 0.3) is 5.91 Å². The molecule has 3 rings (SSSR count). The third-order valence-corrected chi connectivity index (χ3v) is 4.08. The molecule has 0 saturated carbocycles. The number of aromatic hydroxyl groups is 1. The number of hydrogen-bond donors (Lipinski definition) is 3. The van der Waals surface area contributed by atoms with E-state index in [1.54, 1.807) is 24.3 Å². The quantitative estimate of drug-likeness (QED) is 0.806. The van der Waals surface area contributed by atoms with Crippen LogP contribution in [-0.4, -0.2) is 27.3 Å². The monoisotopic (exact) mass is 323 g/mol. The minimum atomic E-state index is -0.190. The van der Waals surface area contributed by atoms with E-state index in [0.717, 1.165) is 12.0 Å². The number of aromatic nitrogens is 2. The van der Waals surface area contributed by atoms with Gasteiger partial charge in [0.1, 0.15) is 11.4 Å². The van der Waals surface area contributed by atoms with E-state index in [1.165, 1.54) is 5.57 Å². The predicted molar refractivity (Wildman–Crippen MR) is 93.6 cm³/mol. The Kier molecular flexibility index (Phi) is 4.51. The van der Waals surface area contributed by atoms with Crippen LogP contribution in [0.15, 0.2) is 54.1 Å². The molecule has 0 fully saturated rings. The number of phenolic OH excluding ortho intramolecular Hbond substituents is 1. The Hall–Kier alpha value is -2.82. The van der Waals surface area contributed by atoms with Gasteiger partial charge < -0.3 is 10.4 Å². The fraction of sp³-hybridized carbons (Fsp3) is 0.263. The van der Waals surface area contributed by atoms with Gasteiger partial charge in [-0.3, -0.25) is 9.89 Å². The highest BCUT2D eigenvalue weighted by Gasteiger charge is 2.16. The lowest BCUT2D eigenvalue weighted by molar-refractivity contribution is 0.0939. The van der Waals surface area contributed by atoms with Crippen molar-refractivity contribution in [1.29, 1.82) is 0 Å². The van der Waals surface area contributed by atoms with Gasteiger partial charge in [0, 0.05) is 5.56 Å². The maximum atomic E-state index is 12.4. The summed E-state index contributed by atoms with van der Waals surface area (Å²) in [5, 5.41) is 19.4. The second-order valence-electron chi connectivity index (χ2n) is 6.25. The van der Waals surface area contributed by atoms with Crippen molar-refractivity contribution < 1.29 is 9.90 Å². The molecule has 2 aromatic rings. The second-order valence-corrected chi connectivity index (χ2v) is 6.25. The van der Waals surface area contributed by atoms with Crippen molar-refractivity contribution in [2.45, 2.75) is 26.3 Å². The van der Waals surface area contributed by atoms with Gasteiger partial charge in [-0.1, -0.05) is 44.2 Å². The number of allylic oxidation sites excluding steroid dienone is 2. The molecule has 5 nitrogen and oxygen atoms in total. The number of carbonyl (C=O) groups excluding carboxylic acids is 1. The number of aromatic amines is 1. The van der Waals surface area contributed by atoms with E-state index < -0.39 is 0 Å². The molecular weight excluding hydrogens is 302 g/mol. The Balaban J connectivity index is 1.66. The first kappa shape index (κ1) is 16.1. The molecule has 3 N–H and O–H groups in total. The lowest BCUT2D eigenvalue weighted by atomic mass is 9.95. The SMILES string of the molecule is CC(C)C1=CCC(NC(=O)c2cc(-c3cccc(O)c3)n[nH]2)C=C1. The average molecular weight is 323 g/mol. The molecule has 1 amide bonds. The standard InChI is InChI=1S/C19H21N3O2/c1-12(2)13-6-8-15(9-7-13)20-19(24)18-11-17(21-22-18)14-4-3-5-16(23)10-14/h3-8,10-12,15,23H,9H2,1-2H3,(H,20,24)(H,21,22). The highest BCUT2D eigenvalue weighted by atomic mass is 16.3. The van der Waals surface area contributed by atoms with Crippen molar-refractivity contribution in [3.8, 4) is 17.0 Å². The van der Waals surface area contributed by atoms with Gasteiger partial charge in [-0.2, -0.15) is 5.10 Å². The van der Waals surface area contributed by atoms with E-state index >= 15 is 0 Å². The normalized spacial score (nSPS) is 17.0. The van der Waals surface area contributed by atoms with Gasteiger partial charge in [-0.25, -0.2) is 0 Å². The molecule has 0 saturated heterocycles. The van der Waals surface area contributed by atoms with E-state index in [-0.39, 0.29) is 17.7 Å². The van der Waals surface area contributed by atoms with Crippen LogP contribution in [0, 0.1) is 5.92 Å².